The highest BCUT2D eigenvalue weighted by molar-refractivity contribution is 5.86. The van der Waals surface area contributed by atoms with Crippen LogP contribution in [-0.4, -0.2) is 36.4 Å². The lowest BCUT2D eigenvalue weighted by Gasteiger charge is -2.26. The molecule has 0 aliphatic heterocycles. The molecule has 2 amide bonds. The third-order valence-electron chi connectivity index (χ3n) is 2.77. The Morgan fingerprint density at radius 3 is 2.43 bits per heavy atom. The van der Waals surface area contributed by atoms with E-state index >= 15 is 0 Å². The van der Waals surface area contributed by atoms with E-state index in [2.05, 4.69) is 0 Å². The number of hydrogen-bond donors (Lipinski definition) is 1. The molecule has 1 aromatic carbocycles. The second-order valence-electron chi connectivity index (χ2n) is 5.02. The van der Waals surface area contributed by atoms with Gasteiger partial charge >= 0.3 is 0 Å². The van der Waals surface area contributed by atoms with Gasteiger partial charge < -0.3 is 15.4 Å². The SMILES string of the molecule is CC(C)C(Oc1ccc(F)cc1F)C(=O)N(C)CC(N)=O. The molecule has 0 aliphatic carbocycles. The highest BCUT2D eigenvalue weighted by Crippen LogP contribution is 2.22. The zero-order valence-electron chi connectivity index (χ0n) is 12.1. The van der Waals surface area contributed by atoms with E-state index in [0.717, 1.165) is 17.0 Å². The predicted molar refractivity (Wildman–Crippen MR) is 72.4 cm³/mol. The molecule has 1 aromatic rings. The zero-order chi connectivity index (χ0) is 16.2. The highest BCUT2D eigenvalue weighted by Gasteiger charge is 2.28. The van der Waals surface area contributed by atoms with Crippen molar-refractivity contribution in [3.63, 3.8) is 0 Å². The Hall–Kier alpha value is -2.18. The number of rotatable bonds is 6. The Morgan fingerprint density at radius 1 is 1.33 bits per heavy atom. The van der Waals surface area contributed by atoms with Gasteiger partial charge in [0.2, 0.25) is 5.91 Å². The van der Waals surface area contributed by atoms with Gasteiger partial charge in [0.15, 0.2) is 17.7 Å². The van der Waals surface area contributed by atoms with Crippen LogP contribution in [-0.2, 0) is 9.59 Å². The fraction of sp³-hybridized carbons (Fsp3) is 0.429. The maximum absolute atomic E-state index is 13.6. The number of benzene rings is 1. The molecular formula is C14H18F2N2O3. The summed E-state index contributed by atoms with van der Waals surface area (Å²) in [5.41, 5.74) is 5.03. The Balaban J connectivity index is 2.92. The normalized spacial score (nSPS) is 12.1. The topological polar surface area (TPSA) is 72.6 Å². The third kappa shape index (κ3) is 4.70. The number of likely N-dealkylation sites (N-methyl/N-ethyl adjacent to an activating group) is 1. The number of primary amides is 1. The molecule has 0 radical (unpaired) electrons. The van der Waals surface area contributed by atoms with Crippen molar-refractivity contribution in [2.75, 3.05) is 13.6 Å². The molecule has 0 aromatic heterocycles. The largest absolute Gasteiger partial charge is 0.477 e. The van der Waals surface area contributed by atoms with E-state index in [0.29, 0.717) is 6.07 Å². The Bertz CT molecular complexity index is 535. The molecule has 0 spiro atoms. The summed E-state index contributed by atoms with van der Waals surface area (Å²) in [6, 6.07) is 2.82. The summed E-state index contributed by atoms with van der Waals surface area (Å²) in [7, 11) is 1.40. The molecular weight excluding hydrogens is 282 g/mol. The molecule has 0 saturated heterocycles. The maximum atomic E-state index is 13.6. The van der Waals surface area contributed by atoms with Crippen molar-refractivity contribution in [2.24, 2.45) is 11.7 Å². The fourth-order valence-electron chi connectivity index (χ4n) is 1.71. The van der Waals surface area contributed by atoms with Gasteiger partial charge in [-0.2, -0.15) is 0 Å². The van der Waals surface area contributed by atoms with E-state index in [4.69, 9.17) is 10.5 Å². The van der Waals surface area contributed by atoms with Crippen molar-refractivity contribution in [3.8, 4) is 5.75 Å². The number of carbonyl (C=O) groups is 2. The van der Waals surface area contributed by atoms with Gasteiger partial charge in [0, 0.05) is 13.1 Å². The summed E-state index contributed by atoms with van der Waals surface area (Å²) < 4.78 is 31.8. The molecule has 21 heavy (non-hydrogen) atoms. The van der Waals surface area contributed by atoms with Crippen molar-refractivity contribution >= 4 is 11.8 Å². The van der Waals surface area contributed by atoms with E-state index in [1.807, 2.05) is 0 Å². The fourth-order valence-corrected chi connectivity index (χ4v) is 1.71. The lowest BCUT2D eigenvalue weighted by atomic mass is 10.1. The smallest absolute Gasteiger partial charge is 0.264 e. The third-order valence-corrected chi connectivity index (χ3v) is 2.77. The second kappa shape index (κ2) is 7.01. The second-order valence-corrected chi connectivity index (χ2v) is 5.02. The molecule has 1 unspecified atom stereocenters. The first-order valence-electron chi connectivity index (χ1n) is 6.37. The van der Waals surface area contributed by atoms with Crippen molar-refractivity contribution in [1.29, 1.82) is 0 Å². The van der Waals surface area contributed by atoms with Crippen LogP contribution in [0.5, 0.6) is 5.75 Å². The van der Waals surface area contributed by atoms with E-state index in [-0.39, 0.29) is 18.2 Å². The van der Waals surface area contributed by atoms with Gasteiger partial charge in [-0.25, -0.2) is 8.78 Å². The van der Waals surface area contributed by atoms with Gasteiger partial charge in [-0.3, -0.25) is 9.59 Å². The molecule has 2 N–H and O–H groups in total. The van der Waals surface area contributed by atoms with Gasteiger partial charge in [0.1, 0.15) is 5.82 Å². The molecule has 0 heterocycles. The summed E-state index contributed by atoms with van der Waals surface area (Å²) >= 11 is 0. The highest BCUT2D eigenvalue weighted by atomic mass is 19.1. The van der Waals surface area contributed by atoms with Gasteiger partial charge in [-0.05, 0) is 18.1 Å². The van der Waals surface area contributed by atoms with Crippen molar-refractivity contribution < 1.29 is 23.1 Å². The van der Waals surface area contributed by atoms with Crippen LogP contribution in [0.3, 0.4) is 0 Å². The van der Waals surface area contributed by atoms with E-state index < -0.39 is 29.6 Å². The van der Waals surface area contributed by atoms with Crippen LogP contribution in [0, 0.1) is 17.6 Å². The zero-order valence-corrected chi connectivity index (χ0v) is 12.1. The molecule has 1 rings (SSSR count). The summed E-state index contributed by atoms with van der Waals surface area (Å²) in [5, 5.41) is 0. The first-order valence-corrected chi connectivity index (χ1v) is 6.37. The molecule has 1 atom stereocenters. The van der Waals surface area contributed by atoms with Crippen molar-refractivity contribution in [2.45, 2.75) is 20.0 Å². The lowest BCUT2D eigenvalue weighted by molar-refractivity contribution is -0.141. The van der Waals surface area contributed by atoms with Gasteiger partial charge in [0.25, 0.3) is 5.91 Å². The van der Waals surface area contributed by atoms with Crippen LogP contribution >= 0.6 is 0 Å². The van der Waals surface area contributed by atoms with Crippen LogP contribution in [0.1, 0.15) is 13.8 Å². The molecule has 7 heteroatoms. The van der Waals surface area contributed by atoms with E-state index in [1.54, 1.807) is 13.8 Å². The molecule has 0 aliphatic rings. The minimum atomic E-state index is -1.01. The van der Waals surface area contributed by atoms with Crippen molar-refractivity contribution in [3.05, 3.63) is 29.8 Å². The molecule has 0 bridgehead atoms. The van der Waals surface area contributed by atoms with Crippen LogP contribution < -0.4 is 10.5 Å². The Kier molecular flexibility index (Phi) is 5.63. The van der Waals surface area contributed by atoms with Crippen molar-refractivity contribution in [1.82, 2.24) is 4.90 Å². The monoisotopic (exact) mass is 300 g/mol. The quantitative estimate of drug-likeness (QED) is 0.861. The number of nitrogens with two attached hydrogens (primary N) is 1. The Morgan fingerprint density at radius 2 is 1.95 bits per heavy atom. The predicted octanol–water partition coefficient (Wildman–Crippen LogP) is 1.31. The average Bonchev–Trinajstić information content (AvgIpc) is 2.35. The van der Waals surface area contributed by atoms with Gasteiger partial charge in [0.05, 0.1) is 6.54 Å². The average molecular weight is 300 g/mol. The lowest BCUT2D eigenvalue weighted by Crippen LogP contribution is -2.45. The van der Waals surface area contributed by atoms with E-state index in [9.17, 15) is 18.4 Å². The van der Waals surface area contributed by atoms with Gasteiger partial charge in [-0.1, -0.05) is 13.8 Å². The number of amides is 2. The summed E-state index contributed by atoms with van der Waals surface area (Å²) in [6.45, 7) is 3.15. The van der Waals surface area contributed by atoms with Crippen LogP contribution in [0.2, 0.25) is 0 Å². The molecule has 0 saturated carbocycles. The Labute approximate surface area is 121 Å². The first-order chi connectivity index (χ1) is 9.72. The summed E-state index contributed by atoms with van der Waals surface area (Å²) in [5.74, 6) is -3.31. The molecule has 116 valence electrons. The van der Waals surface area contributed by atoms with E-state index in [1.165, 1.54) is 7.05 Å². The maximum Gasteiger partial charge on any atom is 0.264 e. The molecule has 0 fully saturated rings. The van der Waals surface area contributed by atoms with Crippen LogP contribution in [0.25, 0.3) is 0 Å². The summed E-state index contributed by atoms with van der Waals surface area (Å²) in [4.78, 5) is 24.1. The van der Waals surface area contributed by atoms with Gasteiger partial charge in [-0.15, -0.1) is 0 Å². The van der Waals surface area contributed by atoms with Crippen LogP contribution in [0.4, 0.5) is 8.78 Å². The number of halogens is 2. The minimum absolute atomic E-state index is 0.226. The first kappa shape index (κ1) is 16.9. The number of ether oxygens (including phenoxy) is 1. The number of carbonyl (C=O) groups excluding carboxylic acids is 2. The minimum Gasteiger partial charge on any atom is -0.477 e. The number of nitrogens with zero attached hydrogens (tertiary/aromatic N) is 1. The standard InChI is InChI=1S/C14H18F2N2O3/c1-8(2)13(14(20)18(3)7-12(17)19)21-11-5-4-9(15)6-10(11)16/h4-6,8,13H,7H2,1-3H3,(H2,17,19). The number of hydrogen-bond acceptors (Lipinski definition) is 3. The molecule has 5 nitrogen and oxygen atoms in total. The van der Waals surface area contributed by atoms with Crippen LogP contribution in [0.15, 0.2) is 18.2 Å². The summed E-state index contributed by atoms with van der Waals surface area (Å²) in [6.07, 6.45) is -1.01.